The molecule has 1 heterocycles. The summed E-state index contributed by atoms with van der Waals surface area (Å²) in [4.78, 5) is 8.66. The molecular weight excluding hydrogens is 368 g/mol. The molecule has 2 rings (SSSR count). The van der Waals surface area contributed by atoms with E-state index >= 15 is 0 Å². The first kappa shape index (κ1) is 16.6. The molecule has 0 aliphatic carbocycles. The van der Waals surface area contributed by atoms with Crippen LogP contribution in [0.3, 0.4) is 0 Å². The first-order chi connectivity index (χ1) is 10.5. The van der Waals surface area contributed by atoms with Crippen molar-refractivity contribution < 1.29 is 9.47 Å². The van der Waals surface area contributed by atoms with E-state index in [1.165, 1.54) is 0 Å². The van der Waals surface area contributed by atoms with Crippen LogP contribution in [0, 0.1) is 6.92 Å². The topological polar surface area (TPSA) is 81.8 Å². The van der Waals surface area contributed by atoms with E-state index in [9.17, 15) is 0 Å². The molecule has 0 saturated heterocycles. The van der Waals surface area contributed by atoms with E-state index in [0.717, 1.165) is 20.2 Å². The quantitative estimate of drug-likeness (QED) is 0.611. The molecule has 8 heteroatoms. The van der Waals surface area contributed by atoms with Crippen LogP contribution < -0.4 is 20.5 Å². The molecule has 0 spiro atoms. The lowest BCUT2D eigenvalue weighted by molar-refractivity contribution is 0.355. The highest BCUT2D eigenvalue weighted by Crippen LogP contribution is 2.29. The normalized spacial score (nSPS) is 11.4. The molecule has 22 heavy (non-hydrogen) atoms. The second-order valence-corrected chi connectivity index (χ2v) is 6.76. The molecule has 0 aliphatic rings. The van der Waals surface area contributed by atoms with Gasteiger partial charge in [0, 0.05) is 11.8 Å². The third-order valence-electron chi connectivity index (χ3n) is 2.82. The summed E-state index contributed by atoms with van der Waals surface area (Å²) in [5.74, 6) is 1.60. The molecule has 0 saturated carbocycles. The van der Waals surface area contributed by atoms with E-state index in [-0.39, 0.29) is 0 Å². The average molecular weight is 385 g/mol. The smallest absolute Gasteiger partial charge is 0.193 e. The van der Waals surface area contributed by atoms with E-state index in [1.807, 2.05) is 13.0 Å². The lowest BCUT2D eigenvalue weighted by Gasteiger charge is -2.10. The molecule has 6 nitrogen and oxygen atoms in total. The van der Waals surface area contributed by atoms with Gasteiger partial charge in [0.25, 0.3) is 0 Å². The molecule has 0 bridgehead atoms. The Balaban J connectivity index is 2.04. The zero-order valence-corrected chi connectivity index (χ0v) is 14.9. The van der Waals surface area contributed by atoms with Crippen LogP contribution in [0.2, 0.25) is 0 Å². The van der Waals surface area contributed by atoms with Gasteiger partial charge in [0.1, 0.15) is 5.01 Å². The summed E-state index contributed by atoms with van der Waals surface area (Å²) < 4.78 is 11.5. The number of thiazole rings is 1. The largest absolute Gasteiger partial charge is 0.493 e. The minimum absolute atomic E-state index is 0.316. The molecule has 0 fully saturated rings. The second kappa shape index (κ2) is 7.46. The lowest BCUT2D eigenvalue weighted by atomic mass is 10.3. The lowest BCUT2D eigenvalue weighted by Crippen LogP contribution is -2.22. The van der Waals surface area contributed by atoms with Crippen LogP contribution in [-0.4, -0.2) is 25.2 Å². The Hall–Kier alpha value is -1.80. The van der Waals surface area contributed by atoms with Gasteiger partial charge >= 0.3 is 0 Å². The van der Waals surface area contributed by atoms with Crippen molar-refractivity contribution in [1.29, 1.82) is 0 Å². The number of aliphatic imine (C=N–C) groups is 1. The monoisotopic (exact) mass is 384 g/mol. The fourth-order valence-electron chi connectivity index (χ4n) is 1.75. The summed E-state index contributed by atoms with van der Waals surface area (Å²) in [5, 5.41) is 3.92. The zero-order valence-electron chi connectivity index (χ0n) is 12.5. The van der Waals surface area contributed by atoms with Crippen LogP contribution in [0.25, 0.3) is 0 Å². The number of hydrogen-bond donors (Lipinski definition) is 2. The maximum atomic E-state index is 5.89. The number of nitrogens with two attached hydrogens (primary N) is 1. The van der Waals surface area contributed by atoms with Gasteiger partial charge in [0.15, 0.2) is 17.5 Å². The number of aromatic nitrogens is 1. The molecular formula is C14H17BrN4O2S. The van der Waals surface area contributed by atoms with E-state index in [2.05, 4.69) is 31.2 Å². The zero-order chi connectivity index (χ0) is 16.1. The van der Waals surface area contributed by atoms with E-state index in [1.54, 1.807) is 37.7 Å². The third-order valence-corrected chi connectivity index (χ3v) is 4.81. The van der Waals surface area contributed by atoms with Gasteiger partial charge in [-0.15, -0.1) is 11.3 Å². The van der Waals surface area contributed by atoms with Crippen molar-refractivity contribution in [1.82, 2.24) is 4.98 Å². The summed E-state index contributed by atoms with van der Waals surface area (Å²) in [6.07, 6.45) is 0. The summed E-state index contributed by atoms with van der Waals surface area (Å²) >= 11 is 4.99. The summed E-state index contributed by atoms with van der Waals surface area (Å²) in [6, 6.07) is 5.44. The number of benzene rings is 1. The third kappa shape index (κ3) is 4.11. The summed E-state index contributed by atoms with van der Waals surface area (Å²) in [6.45, 7) is 2.38. The number of guanidine groups is 1. The number of aryl methyl sites for hydroxylation is 1. The predicted octanol–water partition coefficient (Wildman–Crippen LogP) is 3.16. The van der Waals surface area contributed by atoms with Gasteiger partial charge in [-0.25, -0.2) is 9.98 Å². The Morgan fingerprint density at radius 2 is 2.09 bits per heavy atom. The number of rotatable bonds is 5. The predicted molar refractivity (Wildman–Crippen MR) is 93.0 cm³/mol. The molecule has 0 unspecified atom stereocenters. The minimum atomic E-state index is 0.316. The van der Waals surface area contributed by atoms with Crippen molar-refractivity contribution in [2.45, 2.75) is 13.5 Å². The molecule has 0 radical (unpaired) electrons. The van der Waals surface area contributed by atoms with Crippen LogP contribution in [-0.2, 0) is 6.54 Å². The average Bonchev–Trinajstić information content (AvgIpc) is 2.83. The van der Waals surface area contributed by atoms with Gasteiger partial charge in [0.2, 0.25) is 0 Å². The van der Waals surface area contributed by atoms with Crippen molar-refractivity contribution in [3.63, 3.8) is 0 Å². The van der Waals surface area contributed by atoms with Gasteiger partial charge in [0.05, 0.1) is 30.2 Å². The Kier molecular flexibility index (Phi) is 5.62. The number of nitrogens with one attached hydrogen (secondary N) is 1. The van der Waals surface area contributed by atoms with Crippen molar-refractivity contribution in [2.24, 2.45) is 10.7 Å². The number of hydrogen-bond acceptors (Lipinski definition) is 5. The first-order valence-corrected chi connectivity index (χ1v) is 8.05. The van der Waals surface area contributed by atoms with Crippen LogP contribution in [0.4, 0.5) is 5.69 Å². The highest BCUT2D eigenvalue weighted by atomic mass is 79.9. The fourth-order valence-corrected chi connectivity index (χ4v) is 3.11. The first-order valence-electron chi connectivity index (χ1n) is 6.44. The van der Waals surface area contributed by atoms with Crippen molar-refractivity contribution in [3.8, 4) is 11.5 Å². The Morgan fingerprint density at radius 1 is 1.36 bits per heavy atom. The second-order valence-electron chi connectivity index (χ2n) is 4.36. The number of halogens is 1. The van der Waals surface area contributed by atoms with Crippen molar-refractivity contribution in [3.05, 3.63) is 32.7 Å². The highest BCUT2D eigenvalue weighted by Gasteiger charge is 2.06. The Labute approximate surface area is 141 Å². The van der Waals surface area contributed by atoms with Crippen LogP contribution in [0.5, 0.6) is 11.5 Å². The molecule has 1 aromatic heterocycles. The molecule has 0 aliphatic heterocycles. The van der Waals surface area contributed by atoms with Gasteiger partial charge in [-0.1, -0.05) is 0 Å². The molecule has 0 atom stereocenters. The molecule has 0 amide bonds. The summed E-state index contributed by atoms with van der Waals surface area (Å²) in [5.41, 5.74) is 7.63. The fraction of sp³-hybridized carbons (Fsp3) is 0.286. The number of ether oxygens (including phenoxy) is 2. The molecule has 118 valence electrons. The van der Waals surface area contributed by atoms with E-state index in [4.69, 9.17) is 15.2 Å². The number of methoxy groups -OCH3 is 2. The van der Waals surface area contributed by atoms with Crippen LogP contribution >= 0.6 is 27.3 Å². The Bertz CT molecular complexity index is 668. The van der Waals surface area contributed by atoms with Gasteiger partial charge in [-0.05, 0) is 35.0 Å². The standard InChI is InChI=1S/C14H17BrN4O2S/c1-8-13(15)22-12(18-8)7-17-14(16)19-9-4-5-10(20-2)11(6-9)21-3/h4-6H,7H2,1-3H3,(H3,16,17,19). The summed E-state index contributed by atoms with van der Waals surface area (Å²) in [7, 11) is 3.18. The maximum Gasteiger partial charge on any atom is 0.193 e. The molecule has 3 N–H and O–H groups in total. The maximum absolute atomic E-state index is 5.89. The van der Waals surface area contributed by atoms with E-state index in [0.29, 0.717) is 24.0 Å². The van der Waals surface area contributed by atoms with Crippen LogP contribution in [0.15, 0.2) is 27.0 Å². The molecule has 2 aromatic rings. The van der Waals surface area contributed by atoms with Crippen molar-refractivity contribution >= 4 is 38.9 Å². The number of anilines is 1. The number of nitrogens with zero attached hydrogens (tertiary/aromatic N) is 2. The van der Waals surface area contributed by atoms with Gasteiger partial charge in [-0.2, -0.15) is 0 Å². The van der Waals surface area contributed by atoms with Crippen molar-refractivity contribution in [2.75, 3.05) is 19.5 Å². The van der Waals surface area contributed by atoms with Crippen LogP contribution in [0.1, 0.15) is 10.7 Å². The van der Waals surface area contributed by atoms with E-state index < -0.39 is 0 Å². The van der Waals surface area contributed by atoms with Gasteiger partial charge < -0.3 is 20.5 Å². The van der Waals surface area contributed by atoms with Gasteiger partial charge in [-0.3, -0.25) is 0 Å². The minimum Gasteiger partial charge on any atom is -0.493 e. The highest BCUT2D eigenvalue weighted by molar-refractivity contribution is 9.11. The molecule has 1 aromatic carbocycles. The Morgan fingerprint density at radius 3 is 2.68 bits per heavy atom. The SMILES string of the molecule is COc1ccc(NC(N)=NCc2nc(C)c(Br)s2)cc1OC.